The minimum Gasteiger partial charge on any atom is -0.311 e. The Bertz CT molecular complexity index is 384. The zero-order chi connectivity index (χ0) is 13.3. The molecule has 4 nitrogen and oxygen atoms in total. The van der Waals surface area contributed by atoms with Crippen LogP contribution < -0.4 is 5.32 Å². The van der Waals surface area contributed by atoms with E-state index >= 15 is 0 Å². The summed E-state index contributed by atoms with van der Waals surface area (Å²) in [5.74, 6) is 0.677. The van der Waals surface area contributed by atoms with Crippen molar-refractivity contribution < 1.29 is 0 Å². The summed E-state index contributed by atoms with van der Waals surface area (Å²) in [5.41, 5.74) is 1.68. The lowest BCUT2D eigenvalue weighted by Crippen LogP contribution is -2.32. The van der Waals surface area contributed by atoms with E-state index in [1.807, 2.05) is 18.8 Å². The Balaban J connectivity index is 2.15. The lowest BCUT2D eigenvalue weighted by atomic mass is 9.71. The summed E-state index contributed by atoms with van der Waals surface area (Å²) in [5, 5.41) is 11.6. The van der Waals surface area contributed by atoms with Gasteiger partial charge in [-0.15, -0.1) is 5.10 Å². The first-order chi connectivity index (χ1) is 8.44. The molecule has 1 atom stereocenters. The van der Waals surface area contributed by atoms with Gasteiger partial charge >= 0.3 is 0 Å². The number of aromatic nitrogens is 3. The Morgan fingerprint density at radius 3 is 2.44 bits per heavy atom. The normalized spacial score (nSPS) is 22.1. The van der Waals surface area contributed by atoms with Crippen LogP contribution in [-0.4, -0.2) is 22.0 Å². The van der Waals surface area contributed by atoms with E-state index in [1.54, 1.807) is 0 Å². The van der Waals surface area contributed by atoms with Gasteiger partial charge in [-0.05, 0) is 60.0 Å². The van der Waals surface area contributed by atoms with Crippen LogP contribution in [0.25, 0.3) is 0 Å². The van der Waals surface area contributed by atoms with E-state index in [0.29, 0.717) is 17.4 Å². The van der Waals surface area contributed by atoms with Crippen LogP contribution in [0.3, 0.4) is 0 Å². The molecule has 0 bridgehead atoms. The van der Waals surface area contributed by atoms with Crippen molar-refractivity contribution in [1.29, 1.82) is 0 Å². The summed E-state index contributed by atoms with van der Waals surface area (Å²) >= 11 is 3.51. The van der Waals surface area contributed by atoms with Crippen molar-refractivity contribution in [3.8, 4) is 0 Å². The molecule has 0 spiro atoms. The van der Waals surface area contributed by atoms with Gasteiger partial charge in [0.25, 0.3) is 0 Å². The molecule has 18 heavy (non-hydrogen) atoms. The van der Waals surface area contributed by atoms with Crippen LogP contribution in [0.5, 0.6) is 0 Å². The highest BCUT2D eigenvalue weighted by Crippen LogP contribution is 2.43. The third-order valence-corrected chi connectivity index (χ3v) is 4.85. The summed E-state index contributed by atoms with van der Waals surface area (Å²) in [7, 11) is 3.99. The predicted molar refractivity (Wildman–Crippen MR) is 76.2 cm³/mol. The molecule has 1 aliphatic rings. The Morgan fingerprint density at radius 1 is 1.39 bits per heavy atom. The maximum atomic E-state index is 4.10. The molecule has 0 radical (unpaired) electrons. The highest BCUT2D eigenvalue weighted by atomic mass is 79.9. The molecule has 1 heterocycles. The molecule has 0 aliphatic heterocycles. The maximum absolute atomic E-state index is 4.10. The molecule has 1 N–H and O–H groups in total. The van der Waals surface area contributed by atoms with Gasteiger partial charge in [-0.1, -0.05) is 19.1 Å². The second-order valence-electron chi connectivity index (χ2n) is 6.16. The molecule has 0 amide bonds. The summed E-state index contributed by atoms with van der Waals surface area (Å²) in [4.78, 5) is 0. The van der Waals surface area contributed by atoms with Crippen molar-refractivity contribution in [1.82, 2.24) is 20.3 Å². The van der Waals surface area contributed by atoms with E-state index in [2.05, 4.69) is 45.4 Å². The second kappa shape index (κ2) is 5.29. The Labute approximate surface area is 118 Å². The third-order valence-electron chi connectivity index (χ3n) is 4.29. The first kappa shape index (κ1) is 14.0. The molecule has 0 saturated heterocycles. The van der Waals surface area contributed by atoms with E-state index in [9.17, 15) is 0 Å². The minimum absolute atomic E-state index is 0.343. The fourth-order valence-electron chi connectivity index (χ4n) is 3.02. The van der Waals surface area contributed by atoms with Crippen LogP contribution in [0, 0.1) is 11.3 Å². The molecule has 1 fully saturated rings. The van der Waals surface area contributed by atoms with Crippen LogP contribution in [-0.2, 0) is 7.05 Å². The molecule has 102 valence electrons. The van der Waals surface area contributed by atoms with Gasteiger partial charge in [0.15, 0.2) is 4.60 Å². The van der Waals surface area contributed by atoms with Crippen molar-refractivity contribution in [3.63, 3.8) is 0 Å². The highest BCUT2D eigenvalue weighted by molar-refractivity contribution is 9.10. The third kappa shape index (κ3) is 2.77. The maximum Gasteiger partial charge on any atom is 0.153 e. The molecule has 1 unspecified atom stereocenters. The van der Waals surface area contributed by atoms with Crippen LogP contribution >= 0.6 is 15.9 Å². The first-order valence-corrected chi connectivity index (χ1v) is 7.46. The molecular formula is C13H23BrN4. The smallest absolute Gasteiger partial charge is 0.153 e. The second-order valence-corrected chi connectivity index (χ2v) is 6.91. The number of nitrogens with one attached hydrogen (secondary N) is 1. The summed E-state index contributed by atoms with van der Waals surface area (Å²) < 4.78 is 2.75. The topological polar surface area (TPSA) is 42.7 Å². The number of hydrogen-bond donors (Lipinski definition) is 1. The quantitative estimate of drug-likeness (QED) is 0.932. The van der Waals surface area contributed by atoms with Gasteiger partial charge in [-0.3, -0.25) is 0 Å². The Hall–Kier alpha value is -0.420. The monoisotopic (exact) mass is 314 g/mol. The molecule has 1 saturated carbocycles. The average Bonchev–Trinajstić information content (AvgIpc) is 2.64. The first-order valence-electron chi connectivity index (χ1n) is 6.67. The van der Waals surface area contributed by atoms with Crippen molar-refractivity contribution in [2.45, 2.75) is 45.6 Å². The minimum atomic E-state index is 0.343. The molecule has 1 aromatic rings. The van der Waals surface area contributed by atoms with Crippen LogP contribution in [0.4, 0.5) is 0 Å². The van der Waals surface area contributed by atoms with Crippen molar-refractivity contribution in [3.05, 3.63) is 10.3 Å². The van der Waals surface area contributed by atoms with Gasteiger partial charge in [-0.2, -0.15) is 0 Å². The van der Waals surface area contributed by atoms with Gasteiger partial charge in [0.1, 0.15) is 0 Å². The van der Waals surface area contributed by atoms with Gasteiger partial charge in [0.2, 0.25) is 0 Å². The standard InChI is InChI=1S/C13H23BrN4/c1-13(2)7-5-9(6-8-13)10(15-3)11-12(14)16-17-18(11)4/h9-10,15H,5-8H2,1-4H3. The largest absolute Gasteiger partial charge is 0.311 e. The number of halogens is 1. The van der Waals surface area contributed by atoms with E-state index in [-0.39, 0.29) is 0 Å². The van der Waals surface area contributed by atoms with E-state index in [0.717, 1.165) is 4.60 Å². The van der Waals surface area contributed by atoms with E-state index < -0.39 is 0 Å². The lowest BCUT2D eigenvalue weighted by molar-refractivity contribution is 0.161. The van der Waals surface area contributed by atoms with Crippen LogP contribution in [0.15, 0.2) is 4.60 Å². The predicted octanol–water partition coefficient (Wildman–Crippen LogP) is 3.05. The van der Waals surface area contributed by atoms with Gasteiger partial charge in [0.05, 0.1) is 11.7 Å². The number of nitrogens with zero attached hydrogens (tertiary/aromatic N) is 3. The average molecular weight is 315 g/mol. The fraction of sp³-hybridized carbons (Fsp3) is 0.846. The zero-order valence-electron chi connectivity index (χ0n) is 11.7. The fourth-order valence-corrected chi connectivity index (χ4v) is 3.59. The number of hydrogen-bond acceptors (Lipinski definition) is 3. The SMILES string of the molecule is CNC(c1c(Br)nnn1C)C1CCC(C)(C)CC1. The van der Waals surface area contributed by atoms with Crippen molar-refractivity contribution >= 4 is 15.9 Å². The molecule has 1 aliphatic carbocycles. The van der Waals surface area contributed by atoms with E-state index in [4.69, 9.17) is 0 Å². The molecule has 0 aromatic carbocycles. The number of aryl methyl sites for hydroxylation is 1. The molecular weight excluding hydrogens is 292 g/mol. The van der Waals surface area contributed by atoms with Gasteiger partial charge < -0.3 is 5.32 Å². The zero-order valence-corrected chi connectivity index (χ0v) is 13.3. The molecule has 2 rings (SSSR count). The van der Waals surface area contributed by atoms with Crippen molar-refractivity contribution in [2.75, 3.05) is 7.05 Å². The summed E-state index contributed by atoms with van der Waals surface area (Å²) in [6.45, 7) is 4.75. The summed E-state index contributed by atoms with van der Waals surface area (Å²) in [6, 6.07) is 0.343. The highest BCUT2D eigenvalue weighted by Gasteiger charge is 2.33. The van der Waals surface area contributed by atoms with Crippen LogP contribution in [0.1, 0.15) is 51.3 Å². The van der Waals surface area contributed by atoms with E-state index in [1.165, 1.54) is 31.4 Å². The van der Waals surface area contributed by atoms with Gasteiger partial charge in [-0.25, -0.2) is 4.68 Å². The molecule has 1 aromatic heterocycles. The van der Waals surface area contributed by atoms with Crippen molar-refractivity contribution in [2.24, 2.45) is 18.4 Å². The van der Waals surface area contributed by atoms with Crippen LogP contribution in [0.2, 0.25) is 0 Å². The van der Waals surface area contributed by atoms with Gasteiger partial charge in [0, 0.05) is 7.05 Å². The summed E-state index contributed by atoms with van der Waals surface area (Å²) in [6.07, 6.45) is 5.16. The Morgan fingerprint density at radius 2 is 2.00 bits per heavy atom. The lowest BCUT2D eigenvalue weighted by Gasteiger charge is -2.37. The Kier molecular flexibility index (Phi) is 4.11. The number of rotatable bonds is 3. The molecule has 5 heteroatoms.